The molecule has 4 N–H and O–H groups in total. The fourth-order valence-corrected chi connectivity index (χ4v) is 1.04. The minimum absolute atomic E-state index is 0.0567. The molecule has 1 heterocycles. The van der Waals surface area contributed by atoms with Crippen molar-refractivity contribution < 1.29 is 5.11 Å². The second-order valence-corrected chi connectivity index (χ2v) is 2.93. The lowest BCUT2D eigenvalue weighted by Gasteiger charge is -2.34. The van der Waals surface area contributed by atoms with Gasteiger partial charge in [0.05, 0.1) is 5.60 Å². The lowest BCUT2D eigenvalue weighted by atomic mass is 9.91. The monoisotopic (exact) mass is 130 g/mol. The lowest BCUT2D eigenvalue weighted by molar-refractivity contribution is 0.0160. The highest BCUT2D eigenvalue weighted by atomic mass is 16.3. The van der Waals surface area contributed by atoms with Gasteiger partial charge in [-0.15, -0.1) is 0 Å². The third-order valence-corrected chi connectivity index (χ3v) is 1.91. The van der Waals surface area contributed by atoms with Crippen molar-refractivity contribution in [2.24, 2.45) is 5.73 Å². The standard InChI is InChI=1S/C6H14N2O/c1-6(9)4-8-3-2-5(6)7/h5,8-9H,2-4,7H2,1H3. The van der Waals surface area contributed by atoms with Crippen LogP contribution >= 0.6 is 0 Å². The van der Waals surface area contributed by atoms with Crippen molar-refractivity contribution in [2.45, 2.75) is 25.0 Å². The summed E-state index contributed by atoms with van der Waals surface area (Å²) >= 11 is 0. The Morgan fingerprint density at radius 2 is 2.44 bits per heavy atom. The van der Waals surface area contributed by atoms with Crippen LogP contribution in [-0.4, -0.2) is 29.8 Å². The van der Waals surface area contributed by atoms with E-state index in [2.05, 4.69) is 5.32 Å². The number of β-amino-alcohol motifs (C(OH)–C–C–N with tert-alkyl or cyclic N) is 1. The molecule has 2 atom stereocenters. The van der Waals surface area contributed by atoms with E-state index in [1.165, 1.54) is 0 Å². The Kier molecular flexibility index (Phi) is 1.75. The van der Waals surface area contributed by atoms with Crippen LogP contribution in [0.2, 0.25) is 0 Å². The molecule has 0 aromatic heterocycles. The summed E-state index contributed by atoms with van der Waals surface area (Å²) in [6.07, 6.45) is 0.868. The summed E-state index contributed by atoms with van der Waals surface area (Å²) in [6.45, 7) is 3.31. The summed E-state index contributed by atoms with van der Waals surface area (Å²) < 4.78 is 0. The molecule has 1 aliphatic heterocycles. The zero-order valence-corrected chi connectivity index (χ0v) is 5.72. The first-order valence-corrected chi connectivity index (χ1v) is 3.31. The van der Waals surface area contributed by atoms with Crippen molar-refractivity contribution >= 4 is 0 Å². The Bertz CT molecular complexity index is 103. The summed E-state index contributed by atoms with van der Waals surface area (Å²) in [4.78, 5) is 0. The van der Waals surface area contributed by atoms with Crippen LogP contribution in [0.15, 0.2) is 0 Å². The molecule has 3 nitrogen and oxygen atoms in total. The molecule has 9 heavy (non-hydrogen) atoms. The molecule has 3 heteroatoms. The highest BCUT2D eigenvalue weighted by molar-refractivity contribution is 4.91. The zero-order valence-electron chi connectivity index (χ0n) is 5.72. The molecule has 1 fully saturated rings. The SMILES string of the molecule is CC1(O)CNCCC1N. The van der Waals surface area contributed by atoms with E-state index in [4.69, 9.17) is 5.73 Å². The minimum atomic E-state index is -0.696. The lowest BCUT2D eigenvalue weighted by Crippen LogP contribution is -2.57. The Labute approximate surface area is 55.2 Å². The van der Waals surface area contributed by atoms with Crippen molar-refractivity contribution in [3.8, 4) is 0 Å². The largest absolute Gasteiger partial charge is 0.387 e. The van der Waals surface area contributed by atoms with Crippen LogP contribution in [0.1, 0.15) is 13.3 Å². The second kappa shape index (κ2) is 2.25. The highest BCUT2D eigenvalue weighted by Crippen LogP contribution is 2.12. The Morgan fingerprint density at radius 3 is 2.78 bits per heavy atom. The van der Waals surface area contributed by atoms with E-state index in [1.54, 1.807) is 6.92 Å². The quantitative estimate of drug-likeness (QED) is 0.396. The van der Waals surface area contributed by atoms with Gasteiger partial charge < -0.3 is 16.2 Å². The van der Waals surface area contributed by atoms with Gasteiger partial charge in [-0.3, -0.25) is 0 Å². The van der Waals surface area contributed by atoms with Crippen LogP contribution in [0.3, 0.4) is 0 Å². The summed E-state index contributed by atoms with van der Waals surface area (Å²) in [5.41, 5.74) is 4.93. The molecule has 0 radical (unpaired) electrons. The van der Waals surface area contributed by atoms with Crippen LogP contribution in [-0.2, 0) is 0 Å². The van der Waals surface area contributed by atoms with Crippen molar-refractivity contribution in [1.29, 1.82) is 0 Å². The maximum atomic E-state index is 9.46. The molecule has 0 aromatic rings. The van der Waals surface area contributed by atoms with Gasteiger partial charge >= 0.3 is 0 Å². The van der Waals surface area contributed by atoms with E-state index in [9.17, 15) is 5.11 Å². The fourth-order valence-electron chi connectivity index (χ4n) is 1.04. The molecule has 1 saturated heterocycles. The van der Waals surface area contributed by atoms with Crippen LogP contribution in [0.5, 0.6) is 0 Å². The molecule has 1 aliphatic rings. The smallest absolute Gasteiger partial charge is 0.0893 e. The third-order valence-electron chi connectivity index (χ3n) is 1.91. The molecule has 0 aliphatic carbocycles. The van der Waals surface area contributed by atoms with Crippen molar-refractivity contribution in [3.63, 3.8) is 0 Å². The van der Waals surface area contributed by atoms with Gasteiger partial charge in [0.2, 0.25) is 0 Å². The van der Waals surface area contributed by atoms with Crippen LogP contribution < -0.4 is 11.1 Å². The van der Waals surface area contributed by atoms with Gasteiger partial charge in [-0.1, -0.05) is 0 Å². The topological polar surface area (TPSA) is 58.3 Å². The number of aliphatic hydroxyl groups is 1. The molecular weight excluding hydrogens is 116 g/mol. The van der Waals surface area contributed by atoms with E-state index in [0.29, 0.717) is 6.54 Å². The molecule has 0 bridgehead atoms. The zero-order chi connectivity index (χ0) is 6.91. The first-order chi connectivity index (χ1) is 4.13. The first-order valence-electron chi connectivity index (χ1n) is 3.31. The fraction of sp³-hybridized carbons (Fsp3) is 1.00. The van der Waals surface area contributed by atoms with Gasteiger partial charge in [0, 0.05) is 12.6 Å². The van der Waals surface area contributed by atoms with Gasteiger partial charge in [-0.05, 0) is 19.9 Å². The number of nitrogens with two attached hydrogens (primary N) is 1. The van der Waals surface area contributed by atoms with Gasteiger partial charge in [-0.2, -0.15) is 0 Å². The Morgan fingerprint density at radius 1 is 1.78 bits per heavy atom. The molecule has 54 valence electrons. The number of hydrogen-bond donors (Lipinski definition) is 3. The molecule has 0 spiro atoms. The maximum Gasteiger partial charge on any atom is 0.0893 e. The predicted molar refractivity (Wildman–Crippen MR) is 36.1 cm³/mol. The molecule has 0 saturated carbocycles. The van der Waals surface area contributed by atoms with E-state index < -0.39 is 5.60 Å². The Hall–Kier alpha value is -0.120. The second-order valence-electron chi connectivity index (χ2n) is 2.93. The van der Waals surface area contributed by atoms with Crippen LogP contribution in [0, 0.1) is 0 Å². The average molecular weight is 130 g/mol. The molecule has 2 unspecified atom stereocenters. The van der Waals surface area contributed by atoms with Gasteiger partial charge in [0.25, 0.3) is 0 Å². The molecule has 1 rings (SSSR count). The maximum absolute atomic E-state index is 9.46. The molecular formula is C6H14N2O. The molecule has 0 aromatic carbocycles. The summed E-state index contributed by atoms with van der Waals surface area (Å²) in [5, 5.41) is 12.5. The number of nitrogens with one attached hydrogen (secondary N) is 1. The van der Waals surface area contributed by atoms with Crippen molar-refractivity contribution in [1.82, 2.24) is 5.32 Å². The molecule has 0 amide bonds. The van der Waals surface area contributed by atoms with E-state index in [-0.39, 0.29) is 6.04 Å². The number of hydrogen-bond acceptors (Lipinski definition) is 3. The predicted octanol–water partition coefficient (Wildman–Crippen LogP) is -0.942. The van der Waals surface area contributed by atoms with Crippen molar-refractivity contribution in [3.05, 3.63) is 0 Å². The number of rotatable bonds is 0. The van der Waals surface area contributed by atoms with Crippen molar-refractivity contribution in [2.75, 3.05) is 13.1 Å². The van der Waals surface area contributed by atoms with E-state index >= 15 is 0 Å². The normalized spacial score (nSPS) is 45.0. The summed E-state index contributed by atoms with van der Waals surface area (Å²) in [6, 6.07) is -0.0567. The van der Waals surface area contributed by atoms with Crippen LogP contribution in [0.4, 0.5) is 0 Å². The van der Waals surface area contributed by atoms with Crippen LogP contribution in [0.25, 0.3) is 0 Å². The number of piperidine rings is 1. The minimum Gasteiger partial charge on any atom is -0.387 e. The Balaban J connectivity index is 2.49. The van der Waals surface area contributed by atoms with Gasteiger partial charge in [0.15, 0.2) is 0 Å². The van der Waals surface area contributed by atoms with E-state index in [1.807, 2.05) is 0 Å². The average Bonchev–Trinajstić information content (AvgIpc) is 1.77. The highest BCUT2D eigenvalue weighted by Gasteiger charge is 2.30. The summed E-state index contributed by atoms with van der Waals surface area (Å²) in [5.74, 6) is 0. The van der Waals surface area contributed by atoms with E-state index in [0.717, 1.165) is 13.0 Å². The summed E-state index contributed by atoms with van der Waals surface area (Å²) in [7, 11) is 0. The van der Waals surface area contributed by atoms with Gasteiger partial charge in [0.1, 0.15) is 0 Å². The first kappa shape index (κ1) is 6.99. The third kappa shape index (κ3) is 1.41. The van der Waals surface area contributed by atoms with Gasteiger partial charge in [-0.25, -0.2) is 0 Å².